The van der Waals surface area contributed by atoms with Crippen LogP contribution in [0.1, 0.15) is 5.56 Å². The number of rotatable bonds is 5. The first-order valence-corrected chi connectivity index (χ1v) is 4.60. The van der Waals surface area contributed by atoms with Gasteiger partial charge in [-0.1, -0.05) is 0 Å². The number of nitrogens with zero attached hydrogens (tertiary/aromatic N) is 2. The molecule has 1 N–H and O–H groups in total. The van der Waals surface area contributed by atoms with Crippen molar-refractivity contribution in [3.8, 4) is 6.07 Å². The molecule has 6 nitrogen and oxygen atoms in total. The van der Waals surface area contributed by atoms with Gasteiger partial charge in [0.25, 0.3) is 5.69 Å². The minimum Gasteiger partial charge on any atom is -0.383 e. The van der Waals surface area contributed by atoms with Gasteiger partial charge in [0.2, 0.25) is 0 Å². The largest absolute Gasteiger partial charge is 0.383 e. The fraction of sp³-hybridized carbons (Fsp3) is 0.300. The van der Waals surface area contributed by atoms with E-state index < -0.39 is 4.92 Å². The number of nitriles is 1. The molecule has 0 fully saturated rings. The number of nitrogens with one attached hydrogen (secondary N) is 1. The van der Waals surface area contributed by atoms with Crippen LogP contribution in [0.15, 0.2) is 18.2 Å². The Morgan fingerprint density at radius 1 is 1.62 bits per heavy atom. The summed E-state index contributed by atoms with van der Waals surface area (Å²) in [5, 5.41) is 22.3. The van der Waals surface area contributed by atoms with Crippen molar-refractivity contribution in [3.05, 3.63) is 33.9 Å². The normalized spacial score (nSPS) is 9.50. The second-order valence-electron chi connectivity index (χ2n) is 3.02. The summed E-state index contributed by atoms with van der Waals surface area (Å²) in [6, 6.07) is 6.12. The van der Waals surface area contributed by atoms with Crippen molar-refractivity contribution in [2.45, 2.75) is 0 Å². The van der Waals surface area contributed by atoms with E-state index in [-0.39, 0.29) is 11.3 Å². The van der Waals surface area contributed by atoms with Gasteiger partial charge in [-0.3, -0.25) is 10.1 Å². The lowest BCUT2D eigenvalue weighted by Crippen LogP contribution is -2.07. The van der Waals surface area contributed by atoms with E-state index in [4.69, 9.17) is 10.00 Å². The Kier molecular flexibility index (Phi) is 4.24. The molecule has 0 heterocycles. The van der Waals surface area contributed by atoms with Gasteiger partial charge in [0.05, 0.1) is 11.5 Å². The number of nitro benzene ring substituents is 1. The molecule has 0 amide bonds. The third-order valence-electron chi connectivity index (χ3n) is 1.95. The second-order valence-corrected chi connectivity index (χ2v) is 3.02. The molecular weight excluding hydrogens is 210 g/mol. The van der Waals surface area contributed by atoms with Crippen molar-refractivity contribution in [2.24, 2.45) is 0 Å². The van der Waals surface area contributed by atoms with Crippen LogP contribution in [0.5, 0.6) is 0 Å². The number of hydrogen-bond donors (Lipinski definition) is 1. The molecule has 1 rings (SSSR count). The highest BCUT2D eigenvalue weighted by atomic mass is 16.6. The molecule has 84 valence electrons. The van der Waals surface area contributed by atoms with E-state index in [1.807, 2.05) is 0 Å². The van der Waals surface area contributed by atoms with Crippen LogP contribution in [0, 0.1) is 21.4 Å². The number of benzene rings is 1. The summed E-state index contributed by atoms with van der Waals surface area (Å²) < 4.78 is 4.85. The van der Waals surface area contributed by atoms with Gasteiger partial charge in [-0.25, -0.2) is 0 Å². The molecule has 0 aliphatic carbocycles. The van der Waals surface area contributed by atoms with E-state index in [1.165, 1.54) is 12.1 Å². The molecule has 0 radical (unpaired) electrons. The highest BCUT2D eigenvalue weighted by molar-refractivity contribution is 5.58. The van der Waals surface area contributed by atoms with E-state index in [9.17, 15) is 10.1 Å². The Balaban J connectivity index is 2.84. The van der Waals surface area contributed by atoms with Crippen LogP contribution in [-0.2, 0) is 4.74 Å². The maximum Gasteiger partial charge on any atom is 0.287 e. The average molecular weight is 221 g/mol. The van der Waals surface area contributed by atoms with Gasteiger partial charge in [-0.2, -0.15) is 5.26 Å². The van der Waals surface area contributed by atoms with E-state index in [2.05, 4.69) is 5.32 Å². The predicted octanol–water partition coefficient (Wildman–Crippen LogP) is 1.52. The van der Waals surface area contributed by atoms with E-state index in [0.717, 1.165) is 0 Å². The van der Waals surface area contributed by atoms with E-state index in [1.54, 1.807) is 19.2 Å². The van der Waals surface area contributed by atoms with Gasteiger partial charge < -0.3 is 10.1 Å². The molecule has 0 saturated carbocycles. The topological polar surface area (TPSA) is 88.2 Å². The maximum atomic E-state index is 10.6. The monoisotopic (exact) mass is 221 g/mol. The van der Waals surface area contributed by atoms with Crippen LogP contribution in [0.2, 0.25) is 0 Å². The first-order chi connectivity index (χ1) is 7.69. The highest BCUT2D eigenvalue weighted by Gasteiger charge is 2.13. The van der Waals surface area contributed by atoms with Gasteiger partial charge in [0.1, 0.15) is 11.6 Å². The molecule has 0 atom stereocenters. The van der Waals surface area contributed by atoms with Gasteiger partial charge in [-0.15, -0.1) is 0 Å². The first kappa shape index (κ1) is 11.9. The first-order valence-electron chi connectivity index (χ1n) is 4.60. The summed E-state index contributed by atoms with van der Waals surface area (Å²) in [7, 11) is 1.58. The Morgan fingerprint density at radius 3 is 2.94 bits per heavy atom. The SMILES string of the molecule is COCCNc1ccc([N+](=O)[O-])c(C#N)c1. The maximum absolute atomic E-state index is 10.6. The van der Waals surface area contributed by atoms with Crippen molar-refractivity contribution in [1.29, 1.82) is 5.26 Å². The zero-order valence-electron chi connectivity index (χ0n) is 8.77. The summed E-state index contributed by atoms with van der Waals surface area (Å²) in [5.74, 6) is 0. The summed E-state index contributed by atoms with van der Waals surface area (Å²) in [6.45, 7) is 1.11. The summed E-state index contributed by atoms with van der Waals surface area (Å²) in [4.78, 5) is 9.99. The van der Waals surface area contributed by atoms with Gasteiger partial charge in [0.15, 0.2) is 0 Å². The fourth-order valence-electron chi connectivity index (χ4n) is 1.19. The molecule has 6 heteroatoms. The standard InChI is InChI=1S/C10H11N3O3/c1-16-5-4-12-9-2-3-10(13(14)15)8(6-9)7-11/h2-3,6,12H,4-5H2,1H3. The van der Waals surface area contributed by atoms with Crippen LogP contribution >= 0.6 is 0 Å². The quantitative estimate of drug-likeness (QED) is 0.462. The molecule has 0 aliphatic rings. The summed E-state index contributed by atoms with van der Waals surface area (Å²) in [6.07, 6.45) is 0. The third-order valence-corrected chi connectivity index (χ3v) is 1.95. The molecule has 0 unspecified atom stereocenters. The van der Waals surface area contributed by atoms with E-state index >= 15 is 0 Å². The lowest BCUT2D eigenvalue weighted by Gasteiger charge is -2.05. The molecule has 1 aromatic rings. The van der Waals surface area contributed by atoms with Crippen LogP contribution in [0.3, 0.4) is 0 Å². The number of anilines is 1. The second kappa shape index (κ2) is 5.68. The Bertz CT molecular complexity index is 426. The molecule has 0 spiro atoms. The zero-order chi connectivity index (χ0) is 12.0. The molecule has 0 aliphatic heterocycles. The number of methoxy groups -OCH3 is 1. The fourth-order valence-corrected chi connectivity index (χ4v) is 1.19. The number of hydrogen-bond acceptors (Lipinski definition) is 5. The van der Waals surface area contributed by atoms with Crippen LogP contribution < -0.4 is 5.32 Å². The van der Waals surface area contributed by atoms with Crippen molar-refractivity contribution < 1.29 is 9.66 Å². The summed E-state index contributed by atoms with van der Waals surface area (Å²) >= 11 is 0. The van der Waals surface area contributed by atoms with Crippen LogP contribution in [0.4, 0.5) is 11.4 Å². The molecule has 1 aromatic carbocycles. The van der Waals surface area contributed by atoms with Gasteiger partial charge >= 0.3 is 0 Å². The predicted molar refractivity (Wildman–Crippen MR) is 58.2 cm³/mol. The lowest BCUT2D eigenvalue weighted by molar-refractivity contribution is -0.385. The Hall–Kier alpha value is -2.13. The minimum absolute atomic E-state index is 0.0485. The molecule has 0 aromatic heterocycles. The van der Waals surface area contributed by atoms with Crippen molar-refractivity contribution in [1.82, 2.24) is 0 Å². The van der Waals surface area contributed by atoms with Gasteiger partial charge in [0, 0.05) is 25.4 Å². The van der Waals surface area contributed by atoms with Crippen molar-refractivity contribution in [2.75, 3.05) is 25.6 Å². The van der Waals surface area contributed by atoms with Crippen LogP contribution in [0.25, 0.3) is 0 Å². The zero-order valence-corrected chi connectivity index (χ0v) is 8.77. The third kappa shape index (κ3) is 2.93. The van der Waals surface area contributed by atoms with E-state index in [0.29, 0.717) is 18.8 Å². The smallest absolute Gasteiger partial charge is 0.287 e. The molecule has 16 heavy (non-hydrogen) atoms. The van der Waals surface area contributed by atoms with Crippen molar-refractivity contribution >= 4 is 11.4 Å². The number of nitro groups is 1. The van der Waals surface area contributed by atoms with Crippen molar-refractivity contribution in [3.63, 3.8) is 0 Å². The van der Waals surface area contributed by atoms with Gasteiger partial charge in [-0.05, 0) is 12.1 Å². The Labute approximate surface area is 92.6 Å². The number of ether oxygens (including phenoxy) is 1. The molecule has 0 saturated heterocycles. The average Bonchev–Trinajstić information content (AvgIpc) is 2.29. The Morgan fingerprint density at radius 2 is 2.38 bits per heavy atom. The van der Waals surface area contributed by atoms with Crippen LogP contribution in [-0.4, -0.2) is 25.2 Å². The highest BCUT2D eigenvalue weighted by Crippen LogP contribution is 2.21. The molecule has 0 bridgehead atoms. The molecular formula is C10H11N3O3. The minimum atomic E-state index is -0.572. The lowest BCUT2D eigenvalue weighted by atomic mass is 10.2. The summed E-state index contributed by atoms with van der Waals surface area (Å²) in [5.41, 5.74) is 0.534.